The smallest absolute Gasteiger partial charge is 0.315 e. The Labute approximate surface area is 124 Å². The molecule has 1 unspecified atom stereocenters. The number of rotatable bonds is 6. The fourth-order valence-corrected chi connectivity index (χ4v) is 1.83. The second-order valence-electron chi connectivity index (χ2n) is 5.25. The predicted molar refractivity (Wildman–Crippen MR) is 80.0 cm³/mol. The van der Waals surface area contributed by atoms with E-state index in [1.165, 1.54) is 14.2 Å². The number of benzene rings is 1. The number of anilines is 1. The molecule has 21 heavy (non-hydrogen) atoms. The van der Waals surface area contributed by atoms with E-state index < -0.39 is 11.5 Å². The highest BCUT2D eigenvalue weighted by Crippen LogP contribution is 2.25. The molecule has 0 heterocycles. The SMILES string of the molecule is COCC(N)C(=O)Nc1ccc(C(C)(C)C(=O)OC)cc1. The van der Waals surface area contributed by atoms with Gasteiger partial charge in [0.1, 0.15) is 6.04 Å². The van der Waals surface area contributed by atoms with Gasteiger partial charge in [-0.2, -0.15) is 0 Å². The van der Waals surface area contributed by atoms with E-state index in [1.807, 2.05) is 0 Å². The summed E-state index contributed by atoms with van der Waals surface area (Å²) >= 11 is 0. The summed E-state index contributed by atoms with van der Waals surface area (Å²) in [5.74, 6) is -0.641. The molecule has 3 N–H and O–H groups in total. The van der Waals surface area contributed by atoms with Crippen LogP contribution in [0.4, 0.5) is 5.69 Å². The van der Waals surface area contributed by atoms with Gasteiger partial charge < -0.3 is 20.5 Å². The van der Waals surface area contributed by atoms with Crippen molar-refractivity contribution in [2.75, 3.05) is 26.1 Å². The summed E-state index contributed by atoms with van der Waals surface area (Å²) in [6.07, 6.45) is 0. The molecule has 0 bridgehead atoms. The monoisotopic (exact) mass is 294 g/mol. The standard InChI is InChI=1S/C15H22N2O4/c1-15(2,14(19)21-4)10-5-7-11(8-6-10)17-13(18)12(16)9-20-3/h5-8,12H,9,16H2,1-4H3,(H,17,18). The van der Waals surface area contributed by atoms with Crippen LogP contribution in [0.25, 0.3) is 0 Å². The molecule has 6 nitrogen and oxygen atoms in total. The predicted octanol–water partition coefficient (Wildman–Crippen LogP) is 1.05. The molecule has 116 valence electrons. The van der Waals surface area contributed by atoms with Gasteiger partial charge in [-0.05, 0) is 31.5 Å². The van der Waals surface area contributed by atoms with Crippen LogP contribution >= 0.6 is 0 Å². The van der Waals surface area contributed by atoms with E-state index in [0.29, 0.717) is 5.69 Å². The maximum atomic E-state index is 11.7. The second-order valence-corrected chi connectivity index (χ2v) is 5.25. The van der Waals surface area contributed by atoms with E-state index >= 15 is 0 Å². The van der Waals surface area contributed by atoms with E-state index in [9.17, 15) is 9.59 Å². The first-order valence-corrected chi connectivity index (χ1v) is 6.57. The minimum absolute atomic E-state index is 0.152. The molecule has 1 atom stereocenters. The van der Waals surface area contributed by atoms with Gasteiger partial charge in [0.2, 0.25) is 5.91 Å². The number of ether oxygens (including phenoxy) is 2. The number of hydrogen-bond donors (Lipinski definition) is 2. The van der Waals surface area contributed by atoms with Crippen molar-refractivity contribution in [3.05, 3.63) is 29.8 Å². The lowest BCUT2D eigenvalue weighted by atomic mass is 9.85. The summed E-state index contributed by atoms with van der Waals surface area (Å²) in [6, 6.07) is 6.26. The number of hydrogen-bond acceptors (Lipinski definition) is 5. The Morgan fingerprint density at radius 1 is 1.24 bits per heavy atom. The van der Waals surface area contributed by atoms with Crippen LogP contribution in [-0.4, -0.2) is 38.7 Å². The topological polar surface area (TPSA) is 90.6 Å². The molecule has 0 saturated heterocycles. The highest BCUT2D eigenvalue weighted by Gasteiger charge is 2.30. The van der Waals surface area contributed by atoms with Crippen LogP contribution in [0.1, 0.15) is 19.4 Å². The van der Waals surface area contributed by atoms with E-state index in [-0.39, 0.29) is 18.5 Å². The Morgan fingerprint density at radius 3 is 2.29 bits per heavy atom. The number of nitrogens with one attached hydrogen (secondary N) is 1. The molecule has 1 rings (SSSR count). The average Bonchev–Trinajstić information content (AvgIpc) is 2.47. The van der Waals surface area contributed by atoms with E-state index in [1.54, 1.807) is 38.1 Å². The molecule has 0 saturated carbocycles. The molecule has 1 aromatic rings. The zero-order chi connectivity index (χ0) is 16.0. The van der Waals surface area contributed by atoms with Crippen molar-refractivity contribution in [2.24, 2.45) is 5.73 Å². The molecule has 6 heteroatoms. The highest BCUT2D eigenvalue weighted by atomic mass is 16.5. The minimum atomic E-state index is -0.746. The van der Waals surface area contributed by atoms with Crippen molar-refractivity contribution in [3.8, 4) is 0 Å². The van der Waals surface area contributed by atoms with Gasteiger partial charge in [0.05, 0.1) is 19.1 Å². The zero-order valence-electron chi connectivity index (χ0n) is 12.8. The minimum Gasteiger partial charge on any atom is -0.468 e. The number of carbonyl (C=O) groups excluding carboxylic acids is 2. The van der Waals surface area contributed by atoms with E-state index in [4.69, 9.17) is 15.2 Å². The number of methoxy groups -OCH3 is 2. The summed E-state index contributed by atoms with van der Waals surface area (Å²) in [5, 5.41) is 2.69. The van der Waals surface area contributed by atoms with Crippen LogP contribution in [0.15, 0.2) is 24.3 Å². The van der Waals surface area contributed by atoms with Gasteiger partial charge in [0, 0.05) is 12.8 Å². The second kappa shape index (κ2) is 7.19. The maximum absolute atomic E-state index is 11.7. The molecule has 0 fully saturated rings. The zero-order valence-corrected chi connectivity index (χ0v) is 12.8. The van der Waals surface area contributed by atoms with Crippen LogP contribution in [-0.2, 0) is 24.5 Å². The van der Waals surface area contributed by atoms with Gasteiger partial charge in [-0.3, -0.25) is 9.59 Å². The highest BCUT2D eigenvalue weighted by molar-refractivity contribution is 5.94. The van der Waals surface area contributed by atoms with E-state index in [2.05, 4.69) is 5.32 Å². The number of carbonyl (C=O) groups is 2. The van der Waals surface area contributed by atoms with Crippen LogP contribution in [0.5, 0.6) is 0 Å². The first-order chi connectivity index (χ1) is 9.82. The van der Waals surface area contributed by atoms with Gasteiger partial charge in [-0.1, -0.05) is 12.1 Å². The van der Waals surface area contributed by atoms with Gasteiger partial charge in [0.15, 0.2) is 0 Å². The van der Waals surface area contributed by atoms with Crippen molar-refractivity contribution >= 4 is 17.6 Å². The van der Waals surface area contributed by atoms with E-state index in [0.717, 1.165) is 5.56 Å². The van der Waals surface area contributed by atoms with Crippen molar-refractivity contribution in [3.63, 3.8) is 0 Å². The Morgan fingerprint density at radius 2 is 1.81 bits per heavy atom. The molecule has 0 aliphatic rings. The number of amides is 1. The van der Waals surface area contributed by atoms with Crippen LogP contribution in [0, 0.1) is 0 Å². The fraction of sp³-hybridized carbons (Fsp3) is 0.467. The first kappa shape index (κ1) is 17.1. The summed E-state index contributed by atoms with van der Waals surface area (Å²) in [5.41, 5.74) is 6.29. The first-order valence-electron chi connectivity index (χ1n) is 6.57. The van der Waals surface area contributed by atoms with Gasteiger partial charge in [-0.25, -0.2) is 0 Å². The van der Waals surface area contributed by atoms with Crippen molar-refractivity contribution < 1.29 is 19.1 Å². The molecule has 0 aliphatic carbocycles. The quantitative estimate of drug-likeness (QED) is 0.765. The Hall–Kier alpha value is -1.92. The molecular formula is C15H22N2O4. The Balaban J connectivity index is 2.79. The van der Waals surface area contributed by atoms with Crippen LogP contribution in [0.2, 0.25) is 0 Å². The van der Waals surface area contributed by atoms with Crippen molar-refractivity contribution in [1.29, 1.82) is 0 Å². The summed E-state index contributed by atoms with van der Waals surface area (Å²) < 4.78 is 9.61. The summed E-state index contributed by atoms with van der Waals surface area (Å²) in [6.45, 7) is 3.71. The molecule has 0 spiro atoms. The number of esters is 1. The van der Waals surface area contributed by atoms with Gasteiger partial charge >= 0.3 is 5.97 Å². The third-order valence-electron chi connectivity index (χ3n) is 3.25. The Bertz CT molecular complexity index is 497. The van der Waals surface area contributed by atoms with Crippen molar-refractivity contribution in [1.82, 2.24) is 0 Å². The molecule has 0 aliphatic heterocycles. The third kappa shape index (κ3) is 4.27. The average molecular weight is 294 g/mol. The lowest BCUT2D eigenvalue weighted by Gasteiger charge is -2.22. The van der Waals surface area contributed by atoms with Crippen molar-refractivity contribution in [2.45, 2.75) is 25.3 Å². The molecule has 0 radical (unpaired) electrons. The van der Waals surface area contributed by atoms with Crippen LogP contribution < -0.4 is 11.1 Å². The molecular weight excluding hydrogens is 272 g/mol. The van der Waals surface area contributed by atoms with Crippen LogP contribution in [0.3, 0.4) is 0 Å². The molecule has 1 aromatic carbocycles. The number of nitrogens with two attached hydrogens (primary N) is 1. The normalized spacial score (nSPS) is 12.6. The van der Waals surface area contributed by atoms with Gasteiger partial charge in [-0.15, -0.1) is 0 Å². The summed E-state index contributed by atoms with van der Waals surface area (Å²) in [7, 11) is 2.84. The third-order valence-corrected chi connectivity index (χ3v) is 3.25. The molecule has 1 amide bonds. The summed E-state index contributed by atoms with van der Waals surface area (Å²) in [4.78, 5) is 23.5. The Kier molecular flexibility index (Phi) is 5.87. The van der Waals surface area contributed by atoms with Gasteiger partial charge in [0.25, 0.3) is 0 Å². The lowest BCUT2D eigenvalue weighted by molar-refractivity contribution is -0.146. The largest absolute Gasteiger partial charge is 0.468 e. The molecule has 0 aromatic heterocycles. The fourth-order valence-electron chi connectivity index (χ4n) is 1.83. The lowest BCUT2D eigenvalue weighted by Crippen LogP contribution is -2.39. The maximum Gasteiger partial charge on any atom is 0.315 e.